The molecule has 0 aliphatic rings. The predicted molar refractivity (Wildman–Crippen MR) is 83.0 cm³/mol. The van der Waals surface area contributed by atoms with Crippen molar-refractivity contribution in [2.24, 2.45) is 0 Å². The smallest absolute Gasteiger partial charge is 0.313 e. The summed E-state index contributed by atoms with van der Waals surface area (Å²) in [4.78, 5) is 23.8. The van der Waals surface area contributed by atoms with Crippen molar-refractivity contribution in [1.29, 1.82) is 0 Å². The number of amides is 2. The van der Waals surface area contributed by atoms with E-state index in [1.54, 1.807) is 6.07 Å². The number of rotatable bonds is 7. The van der Waals surface area contributed by atoms with Gasteiger partial charge in [-0.25, -0.2) is 0 Å². The first-order valence-corrected chi connectivity index (χ1v) is 7.42. The largest absolute Gasteiger partial charge is 0.396 e. The number of aryl methyl sites for hydroxylation is 1. The Morgan fingerprint density at radius 3 is 2.52 bits per heavy atom. The molecule has 2 amide bonds. The molecule has 1 atom stereocenters. The summed E-state index contributed by atoms with van der Waals surface area (Å²) in [6, 6.07) is 7.29. The minimum Gasteiger partial charge on any atom is -0.396 e. The molecule has 3 N–H and O–H groups in total. The number of hydrogen-bond acceptors (Lipinski definition) is 3. The van der Waals surface area contributed by atoms with Gasteiger partial charge in [0.25, 0.3) is 0 Å². The molecule has 0 aliphatic carbocycles. The van der Waals surface area contributed by atoms with Crippen molar-refractivity contribution in [3.8, 4) is 0 Å². The summed E-state index contributed by atoms with van der Waals surface area (Å²) in [5, 5.41) is 14.2. The molecule has 1 aromatic rings. The monoisotopic (exact) mass is 292 g/mol. The maximum Gasteiger partial charge on any atom is 0.313 e. The van der Waals surface area contributed by atoms with Crippen molar-refractivity contribution in [3.63, 3.8) is 0 Å². The van der Waals surface area contributed by atoms with Gasteiger partial charge in [0.05, 0.1) is 0 Å². The zero-order valence-electron chi connectivity index (χ0n) is 12.7. The Balaban J connectivity index is 2.66. The Bertz CT molecular complexity index is 474. The molecule has 0 spiro atoms. The van der Waals surface area contributed by atoms with Crippen LogP contribution in [0.2, 0.25) is 0 Å². The van der Waals surface area contributed by atoms with Crippen molar-refractivity contribution < 1.29 is 14.7 Å². The summed E-state index contributed by atoms with van der Waals surface area (Å²) >= 11 is 0. The van der Waals surface area contributed by atoms with E-state index in [1.165, 1.54) is 0 Å². The normalized spacial score (nSPS) is 11.8. The zero-order chi connectivity index (χ0) is 15.7. The highest BCUT2D eigenvalue weighted by atomic mass is 16.3. The van der Waals surface area contributed by atoms with Crippen LogP contribution in [0.3, 0.4) is 0 Å². The van der Waals surface area contributed by atoms with Crippen LogP contribution in [-0.2, 0) is 16.0 Å². The minimum absolute atomic E-state index is 0.0141. The van der Waals surface area contributed by atoms with E-state index in [0.717, 1.165) is 18.4 Å². The van der Waals surface area contributed by atoms with Crippen molar-refractivity contribution in [1.82, 2.24) is 5.32 Å². The molecule has 0 radical (unpaired) electrons. The van der Waals surface area contributed by atoms with Gasteiger partial charge in [-0.1, -0.05) is 38.5 Å². The SMILES string of the molecule is CCCc1ccccc1NC(=O)C(=O)NC(CC)CCO. The average Bonchev–Trinajstić information content (AvgIpc) is 2.48. The maximum absolute atomic E-state index is 11.9. The number of anilines is 1. The number of aliphatic hydroxyl groups is 1. The van der Waals surface area contributed by atoms with E-state index in [0.29, 0.717) is 18.5 Å². The zero-order valence-corrected chi connectivity index (χ0v) is 12.7. The fraction of sp³-hybridized carbons (Fsp3) is 0.500. The number of hydrogen-bond donors (Lipinski definition) is 3. The van der Waals surface area contributed by atoms with Crippen LogP contribution in [0.25, 0.3) is 0 Å². The second kappa shape index (κ2) is 9.13. The van der Waals surface area contributed by atoms with Gasteiger partial charge in [0.15, 0.2) is 0 Å². The number of nitrogens with one attached hydrogen (secondary N) is 2. The maximum atomic E-state index is 11.9. The third-order valence-electron chi connectivity index (χ3n) is 3.30. The summed E-state index contributed by atoms with van der Waals surface area (Å²) in [6.45, 7) is 3.95. The van der Waals surface area contributed by atoms with Crippen LogP contribution in [-0.4, -0.2) is 29.6 Å². The van der Waals surface area contributed by atoms with Crippen molar-refractivity contribution in [3.05, 3.63) is 29.8 Å². The molecule has 1 unspecified atom stereocenters. The Morgan fingerprint density at radius 1 is 1.19 bits per heavy atom. The van der Waals surface area contributed by atoms with Gasteiger partial charge in [0.1, 0.15) is 0 Å². The molecule has 5 nitrogen and oxygen atoms in total. The van der Waals surface area contributed by atoms with Crippen molar-refractivity contribution in [2.45, 2.75) is 45.6 Å². The molecule has 116 valence electrons. The van der Waals surface area contributed by atoms with Gasteiger partial charge in [0, 0.05) is 18.3 Å². The van der Waals surface area contributed by atoms with Crippen molar-refractivity contribution in [2.75, 3.05) is 11.9 Å². The summed E-state index contributed by atoms with van der Waals surface area (Å²) in [7, 11) is 0. The third-order valence-corrected chi connectivity index (χ3v) is 3.30. The van der Waals surface area contributed by atoms with Crippen LogP contribution < -0.4 is 10.6 Å². The highest BCUT2D eigenvalue weighted by Crippen LogP contribution is 2.16. The minimum atomic E-state index is -0.671. The molecular weight excluding hydrogens is 268 g/mol. The number of benzene rings is 1. The van der Waals surface area contributed by atoms with Crippen LogP contribution in [0.1, 0.15) is 38.7 Å². The van der Waals surface area contributed by atoms with Gasteiger partial charge in [-0.05, 0) is 30.9 Å². The lowest BCUT2D eigenvalue weighted by Crippen LogP contribution is -2.42. The van der Waals surface area contributed by atoms with Crippen LogP contribution in [0.5, 0.6) is 0 Å². The van der Waals surface area contributed by atoms with Gasteiger partial charge >= 0.3 is 11.8 Å². The molecule has 21 heavy (non-hydrogen) atoms. The number of carbonyl (C=O) groups is 2. The molecule has 1 aromatic carbocycles. The molecule has 1 rings (SSSR count). The van der Waals surface area contributed by atoms with E-state index in [1.807, 2.05) is 25.1 Å². The first-order chi connectivity index (χ1) is 10.1. The molecule has 0 aromatic heterocycles. The fourth-order valence-electron chi connectivity index (χ4n) is 2.09. The molecule has 0 bridgehead atoms. The van der Waals surface area contributed by atoms with Crippen LogP contribution in [0.15, 0.2) is 24.3 Å². The topological polar surface area (TPSA) is 78.4 Å². The second-order valence-corrected chi connectivity index (χ2v) is 4.95. The molecule has 5 heteroatoms. The lowest BCUT2D eigenvalue weighted by Gasteiger charge is -2.16. The van der Waals surface area contributed by atoms with Crippen molar-refractivity contribution >= 4 is 17.5 Å². The Morgan fingerprint density at radius 2 is 1.90 bits per heavy atom. The Hall–Kier alpha value is -1.88. The lowest BCUT2D eigenvalue weighted by atomic mass is 10.1. The molecular formula is C16H24N2O3. The number of aliphatic hydroxyl groups excluding tert-OH is 1. The van der Waals surface area contributed by atoms with E-state index < -0.39 is 11.8 Å². The number of carbonyl (C=O) groups excluding carboxylic acids is 2. The average molecular weight is 292 g/mol. The van der Waals surface area contributed by atoms with Crippen LogP contribution in [0, 0.1) is 0 Å². The van der Waals surface area contributed by atoms with E-state index in [2.05, 4.69) is 17.6 Å². The quantitative estimate of drug-likeness (QED) is 0.671. The molecule has 0 saturated heterocycles. The third kappa shape index (κ3) is 5.55. The Labute approximate surface area is 125 Å². The molecule has 0 fully saturated rings. The predicted octanol–water partition coefficient (Wildman–Crippen LogP) is 1.85. The molecule has 0 aliphatic heterocycles. The standard InChI is InChI=1S/C16H24N2O3/c1-3-7-12-8-5-6-9-14(12)18-16(21)15(20)17-13(4-2)10-11-19/h5-6,8-9,13,19H,3-4,7,10-11H2,1-2H3,(H,17,20)(H,18,21). The Kier molecular flexibility index (Phi) is 7.46. The first kappa shape index (κ1) is 17.2. The second-order valence-electron chi connectivity index (χ2n) is 4.95. The fourth-order valence-corrected chi connectivity index (χ4v) is 2.09. The molecule has 0 heterocycles. The van der Waals surface area contributed by atoms with E-state index >= 15 is 0 Å². The molecule has 0 saturated carbocycles. The van der Waals surface area contributed by atoms with Gasteiger partial charge in [-0.2, -0.15) is 0 Å². The summed E-state index contributed by atoms with van der Waals surface area (Å²) in [5.41, 5.74) is 1.69. The lowest BCUT2D eigenvalue weighted by molar-refractivity contribution is -0.136. The highest BCUT2D eigenvalue weighted by molar-refractivity contribution is 6.39. The van der Waals surface area contributed by atoms with Gasteiger partial charge < -0.3 is 15.7 Å². The van der Waals surface area contributed by atoms with Crippen LogP contribution in [0.4, 0.5) is 5.69 Å². The summed E-state index contributed by atoms with van der Waals surface area (Å²) in [5.74, 6) is -1.34. The van der Waals surface area contributed by atoms with E-state index in [4.69, 9.17) is 5.11 Å². The van der Waals surface area contributed by atoms with Crippen LogP contribution >= 0.6 is 0 Å². The van der Waals surface area contributed by atoms with Gasteiger partial charge in [0.2, 0.25) is 0 Å². The van der Waals surface area contributed by atoms with Gasteiger partial charge in [-0.15, -0.1) is 0 Å². The first-order valence-electron chi connectivity index (χ1n) is 7.42. The van der Waals surface area contributed by atoms with E-state index in [-0.39, 0.29) is 12.6 Å². The summed E-state index contributed by atoms with van der Waals surface area (Å²) in [6.07, 6.45) is 2.93. The van der Waals surface area contributed by atoms with Gasteiger partial charge in [-0.3, -0.25) is 9.59 Å². The number of para-hydroxylation sites is 1. The summed E-state index contributed by atoms with van der Waals surface area (Å²) < 4.78 is 0. The highest BCUT2D eigenvalue weighted by Gasteiger charge is 2.18. The van der Waals surface area contributed by atoms with E-state index in [9.17, 15) is 9.59 Å².